The molecule has 13 heteroatoms. The molecule has 0 bridgehead atoms. The number of fused-ring (bicyclic) bond motifs is 3. The first-order chi connectivity index (χ1) is 20.2. The third-order valence-electron chi connectivity index (χ3n) is 9.00. The normalized spacial score (nSPS) is 20.1. The molecule has 0 amide bonds. The second kappa shape index (κ2) is 9.78. The Bertz CT molecular complexity index is 1750. The largest absolute Gasteiger partial charge is 0.439 e. The number of nitrogen functional groups attached to an aromatic ring is 1. The zero-order chi connectivity index (χ0) is 29.2. The number of nitrogens with two attached hydrogens (primary N) is 1. The summed E-state index contributed by atoms with van der Waals surface area (Å²) in [5.74, 6) is 0.957. The number of benzene rings is 1. The van der Waals surface area contributed by atoms with E-state index in [0.717, 1.165) is 49.9 Å². The molecule has 0 aliphatic carbocycles. The fraction of sp³-hybridized carbons (Fsp3) is 0.448. The first-order valence-corrected chi connectivity index (χ1v) is 14.2. The van der Waals surface area contributed by atoms with Crippen LogP contribution >= 0.6 is 0 Å². The molecular weight excluding hydrogens is 541 g/mol. The number of pyridine rings is 1. The van der Waals surface area contributed by atoms with Crippen molar-refractivity contribution < 1.29 is 18.6 Å². The zero-order valence-electron chi connectivity index (χ0n) is 23.0. The third kappa shape index (κ3) is 3.92. The molecule has 3 aromatic heterocycles. The van der Waals surface area contributed by atoms with E-state index >= 15 is 4.39 Å². The van der Waals surface area contributed by atoms with Gasteiger partial charge in [-0.3, -0.25) is 4.90 Å². The molecule has 6 heterocycles. The number of anilines is 2. The Morgan fingerprint density at radius 3 is 2.48 bits per heavy atom. The van der Waals surface area contributed by atoms with E-state index in [1.165, 1.54) is 18.3 Å². The summed E-state index contributed by atoms with van der Waals surface area (Å²) < 4.78 is 38.3. The molecule has 1 atom stereocenters. The molecule has 214 valence electrons. The van der Waals surface area contributed by atoms with Crippen LogP contribution in [0.4, 0.5) is 20.4 Å². The molecule has 0 spiro atoms. The summed E-state index contributed by atoms with van der Waals surface area (Å²) in [6, 6.07) is 2.37. The molecule has 3 aliphatic rings. The fourth-order valence-electron chi connectivity index (χ4n) is 6.97. The van der Waals surface area contributed by atoms with Gasteiger partial charge in [-0.05, 0) is 70.2 Å². The van der Waals surface area contributed by atoms with Gasteiger partial charge in [0.1, 0.15) is 17.2 Å². The predicted octanol–water partition coefficient (Wildman–Crippen LogP) is 3.02. The predicted molar refractivity (Wildman–Crippen MR) is 154 cm³/mol. The summed E-state index contributed by atoms with van der Waals surface area (Å²) in [6.07, 6.45) is 13.1. The number of halogens is 2. The van der Waals surface area contributed by atoms with Crippen molar-refractivity contribution in [2.24, 2.45) is 0 Å². The van der Waals surface area contributed by atoms with E-state index in [0.29, 0.717) is 42.5 Å². The number of ether oxygens (including phenoxy) is 1. The second-order valence-corrected chi connectivity index (χ2v) is 11.3. The number of piperidine rings is 1. The topological polar surface area (TPSA) is 118 Å². The summed E-state index contributed by atoms with van der Waals surface area (Å²) in [7, 11) is 6.48. The molecule has 42 heavy (non-hydrogen) atoms. The Kier molecular flexibility index (Phi) is 6.25. The van der Waals surface area contributed by atoms with E-state index in [1.807, 2.05) is 4.90 Å². The number of hydrogen-bond donors (Lipinski definition) is 2. The highest BCUT2D eigenvalue weighted by Crippen LogP contribution is 2.46. The van der Waals surface area contributed by atoms with Gasteiger partial charge in [-0.2, -0.15) is 9.97 Å². The molecule has 3 aliphatic heterocycles. The Morgan fingerprint density at radius 1 is 1.02 bits per heavy atom. The third-order valence-corrected chi connectivity index (χ3v) is 9.00. The van der Waals surface area contributed by atoms with E-state index < -0.39 is 22.9 Å². The maximum atomic E-state index is 16.5. The van der Waals surface area contributed by atoms with Gasteiger partial charge in [0.2, 0.25) is 0 Å². The van der Waals surface area contributed by atoms with Gasteiger partial charge in [0.05, 0.1) is 22.0 Å². The van der Waals surface area contributed by atoms with Crippen LogP contribution in [0.5, 0.6) is 6.01 Å². The van der Waals surface area contributed by atoms with Crippen molar-refractivity contribution in [3.05, 3.63) is 35.5 Å². The van der Waals surface area contributed by atoms with Crippen LogP contribution in [0.15, 0.2) is 18.3 Å². The average Bonchev–Trinajstić information content (AvgIpc) is 3.68. The summed E-state index contributed by atoms with van der Waals surface area (Å²) in [4.78, 5) is 17.6. The van der Waals surface area contributed by atoms with Crippen LogP contribution in [0, 0.1) is 24.0 Å². The van der Waals surface area contributed by atoms with E-state index in [2.05, 4.69) is 30.9 Å². The Morgan fingerprint density at radius 2 is 1.76 bits per heavy atom. The highest BCUT2D eigenvalue weighted by Gasteiger charge is 2.57. The average molecular weight is 570 g/mol. The lowest BCUT2D eigenvalue weighted by Gasteiger charge is -2.44. The molecule has 3 N–H and O–H groups in total. The van der Waals surface area contributed by atoms with Gasteiger partial charge >= 0.3 is 6.01 Å². The van der Waals surface area contributed by atoms with Crippen molar-refractivity contribution in [1.82, 2.24) is 29.6 Å². The molecule has 4 aromatic rings. The maximum absolute atomic E-state index is 16.5. The van der Waals surface area contributed by atoms with Gasteiger partial charge in [0.15, 0.2) is 31.0 Å². The minimum atomic E-state index is -2.11. The molecular formula is C29H29BF2N8O2. The number of terminal acetylenes is 1. The van der Waals surface area contributed by atoms with Gasteiger partial charge in [-0.15, -0.1) is 11.5 Å². The molecule has 1 unspecified atom stereocenters. The number of hydrogen-bond acceptors (Lipinski definition) is 9. The lowest BCUT2D eigenvalue weighted by Crippen LogP contribution is -2.62. The molecule has 1 aromatic carbocycles. The molecule has 3 saturated heterocycles. The number of aromatic nitrogens is 5. The smallest absolute Gasteiger partial charge is 0.321 e. The van der Waals surface area contributed by atoms with E-state index in [4.69, 9.17) is 24.7 Å². The van der Waals surface area contributed by atoms with Crippen molar-refractivity contribution in [2.75, 3.05) is 36.8 Å². The SMILES string of the molecule is [B]C(O)(Oc1nc(N2CCCCC2)c2cnc(-n3nc(N)c4ccc(F)c(C#C)c43)c(F)c2n1)C12CCCN1CCC2. The van der Waals surface area contributed by atoms with E-state index in [1.54, 1.807) is 0 Å². The van der Waals surface area contributed by atoms with Crippen molar-refractivity contribution in [1.29, 1.82) is 0 Å². The molecule has 2 radical (unpaired) electrons. The Hall–Kier alpha value is -4.02. The molecule has 3 fully saturated rings. The summed E-state index contributed by atoms with van der Waals surface area (Å²) >= 11 is 0. The van der Waals surface area contributed by atoms with Gasteiger partial charge < -0.3 is 20.5 Å². The van der Waals surface area contributed by atoms with Gasteiger partial charge in [-0.1, -0.05) is 5.92 Å². The Labute approximate surface area is 242 Å². The van der Waals surface area contributed by atoms with Gasteiger partial charge in [0.25, 0.3) is 0 Å². The monoisotopic (exact) mass is 570 g/mol. The van der Waals surface area contributed by atoms with Crippen LogP contribution in [0.2, 0.25) is 0 Å². The minimum absolute atomic E-state index is 0.0358. The summed E-state index contributed by atoms with van der Waals surface area (Å²) in [6.45, 7) is 3.02. The van der Waals surface area contributed by atoms with Crippen LogP contribution in [0.3, 0.4) is 0 Å². The summed E-state index contributed by atoms with van der Waals surface area (Å²) in [5.41, 5.74) is 3.09. The Balaban J connectivity index is 1.41. The fourth-order valence-corrected chi connectivity index (χ4v) is 6.97. The number of aliphatic hydroxyl groups is 1. The molecule has 0 saturated carbocycles. The lowest BCUT2D eigenvalue weighted by molar-refractivity contribution is -0.154. The molecule has 10 nitrogen and oxygen atoms in total. The van der Waals surface area contributed by atoms with E-state index in [-0.39, 0.29) is 34.2 Å². The van der Waals surface area contributed by atoms with Crippen molar-refractivity contribution in [2.45, 2.75) is 56.2 Å². The first kappa shape index (κ1) is 26.9. The van der Waals surface area contributed by atoms with Crippen LogP contribution < -0.4 is 15.4 Å². The number of nitrogens with zero attached hydrogens (tertiary/aromatic N) is 7. The van der Waals surface area contributed by atoms with Crippen LogP contribution in [-0.2, 0) is 0 Å². The number of rotatable bonds is 5. The van der Waals surface area contributed by atoms with Crippen LogP contribution in [0.25, 0.3) is 27.6 Å². The van der Waals surface area contributed by atoms with Gasteiger partial charge in [0, 0.05) is 24.7 Å². The van der Waals surface area contributed by atoms with Crippen molar-refractivity contribution >= 4 is 41.3 Å². The van der Waals surface area contributed by atoms with Crippen molar-refractivity contribution in [3.8, 4) is 24.2 Å². The summed E-state index contributed by atoms with van der Waals surface area (Å²) in [5, 5.41) is 16.5. The minimum Gasteiger partial charge on any atom is -0.439 e. The first-order valence-electron chi connectivity index (χ1n) is 14.2. The molecule has 7 rings (SSSR count). The quantitative estimate of drug-likeness (QED) is 0.212. The standard InChI is InChI=1S/C29H29BF2N8O2/c1-2-17-20(31)9-8-18-23(17)40(37-24(18)33)26-21(32)22-19(16-34-26)25(38-12-4-3-5-13-38)36-27(35-22)42-29(30,41)28-10-6-14-39(28)15-7-11-28/h1,8-9,16,41H,3-7,10-15H2,(H2,33,37). The van der Waals surface area contributed by atoms with Crippen molar-refractivity contribution in [3.63, 3.8) is 0 Å². The lowest BCUT2D eigenvalue weighted by atomic mass is 9.73. The highest BCUT2D eigenvalue weighted by molar-refractivity contribution is 6.14. The van der Waals surface area contributed by atoms with E-state index in [9.17, 15) is 9.50 Å². The second-order valence-electron chi connectivity index (χ2n) is 11.3. The maximum Gasteiger partial charge on any atom is 0.321 e. The van der Waals surface area contributed by atoms with Crippen LogP contribution in [-0.4, -0.2) is 80.0 Å². The zero-order valence-corrected chi connectivity index (χ0v) is 23.0. The van der Waals surface area contributed by atoms with Crippen LogP contribution in [0.1, 0.15) is 50.5 Å². The highest BCUT2D eigenvalue weighted by atomic mass is 19.1. The van der Waals surface area contributed by atoms with Gasteiger partial charge in [-0.25, -0.2) is 18.4 Å².